The maximum atomic E-state index is 13.3. The molecule has 2 rings (SSSR count). The van der Waals surface area contributed by atoms with E-state index >= 15 is 0 Å². The van der Waals surface area contributed by atoms with Gasteiger partial charge in [-0.2, -0.15) is 0 Å². The number of aryl methyl sites for hydroxylation is 1. The Morgan fingerprint density at radius 2 is 1.80 bits per heavy atom. The summed E-state index contributed by atoms with van der Waals surface area (Å²) in [5, 5.41) is -3.75. The first-order valence-electron chi connectivity index (χ1n) is 8.71. The second-order valence-electron chi connectivity index (χ2n) is 6.77. The molecular formula is C17H25O6PS. The molecule has 1 fully saturated rings. The van der Waals surface area contributed by atoms with E-state index in [9.17, 15) is 13.6 Å². The molecule has 1 unspecified atom stereocenters. The highest BCUT2D eigenvalue weighted by Crippen LogP contribution is 2.72. The summed E-state index contributed by atoms with van der Waals surface area (Å²) in [6.45, 7) is 6.67. The average molecular weight is 390 g/mol. The molecule has 1 aliphatic rings. The zero-order valence-corrected chi connectivity index (χ0v) is 16.9. The lowest BCUT2D eigenvalue weighted by molar-refractivity contribution is -0.155. The molecule has 1 aromatic rings. The highest BCUT2D eigenvalue weighted by atomic mass is 32.2. The number of esters is 1. The number of carbonyl (C=O) groups excluding carboxylic acids is 1. The molecule has 0 saturated heterocycles. The molecule has 0 radical (unpaired) electrons. The van der Waals surface area contributed by atoms with E-state index in [2.05, 4.69) is 0 Å². The second kappa shape index (κ2) is 6.95. The Balaban J connectivity index is 2.59. The molecule has 8 heteroatoms. The van der Waals surface area contributed by atoms with E-state index in [1.807, 2.05) is 6.92 Å². The Kier molecular flexibility index (Phi) is 4.84. The first-order chi connectivity index (χ1) is 12.3. The maximum Gasteiger partial charge on any atom is 0.348 e. The van der Waals surface area contributed by atoms with Crippen LogP contribution in [0.4, 0.5) is 0 Å². The van der Waals surface area contributed by atoms with Crippen molar-refractivity contribution in [2.45, 2.75) is 55.0 Å². The number of rotatable bonds is 6. The molecule has 0 spiro atoms. The third-order valence-corrected chi connectivity index (χ3v) is 7.94. The minimum atomic E-state index is -4.32. The quantitative estimate of drug-likeness (QED) is 0.547. The normalized spacial score (nSPS) is 27.8. The summed E-state index contributed by atoms with van der Waals surface area (Å²) in [6.07, 6.45) is -2.41. The van der Waals surface area contributed by atoms with Crippen molar-refractivity contribution in [1.82, 2.24) is 0 Å². The van der Waals surface area contributed by atoms with Crippen molar-refractivity contribution in [2.75, 3.05) is 14.2 Å². The van der Waals surface area contributed by atoms with Crippen molar-refractivity contribution < 1.29 is 30.1 Å². The molecule has 0 N–H and O–H groups in total. The number of ether oxygens (including phenoxy) is 1. The van der Waals surface area contributed by atoms with Crippen LogP contribution in [0.5, 0.6) is 0 Å². The number of hydrogen-bond acceptors (Lipinski definition) is 6. The van der Waals surface area contributed by atoms with Crippen molar-refractivity contribution in [2.24, 2.45) is 0 Å². The fraction of sp³-hybridized carbons (Fsp3) is 0.588. The molecule has 0 aliphatic heterocycles. The van der Waals surface area contributed by atoms with Crippen molar-refractivity contribution in [3.63, 3.8) is 0 Å². The van der Waals surface area contributed by atoms with Crippen molar-refractivity contribution in [3.05, 3.63) is 29.8 Å². The lowest BCUT2D eigenvalue weighted by Gasteiger charge is -2.28. The van der Waals surface area contributed by atoms with Gasteiger partial charge in [-0.1, -0.05) is 17.7 Å². The van der Waals surface area contributed by atoms with E-state index < -0.39 is 46.7 Å². The van der Waals surface area contributed by atoms with Crippen molar-refractivity contribution in [3.8, 4) is 0 Å². The zero-order valence-electron chi connectivity index (χ0n) is 17.2. The topological polar surface area (TPSA) is 78.9 Å². The SMILES string of the molecule is [2H]C1([2H])[C@H](S(=O)c2ccc(C)cc2)[C@@]1(C(=O)OC(C)(C)C)P(=O)(OC)OC. The monoisotopic (exact) mass is 390 g/mol. The van der Waals surface area contributed by atoms with E-state index in [1.54, 1.807) is 45.0 Å². The molecular weight excluding hydrogens is 363 g/mol. The van der Waals surface area contributed by atoms with Crippen LogP contribution in [0.15, 0.2) is 29.2 Å². The average Bonchev–Trinajstić information content (AvgIpc) is 3.11. The first kappa shape index (κ1) is 17.4. The van der Waals surface area contributed by atoms with Crippen LogP contribution >= 0.6 is 7.60 Å². The Labute approximate surface area is 154 Å². The van der Waals surface area contributed by atoms with E-state index in [4.69, 9.17) is 16.5 Å². The van der Waals surface area contributed by atoms with E-state index in [0.717, 1.165) is 19.8 Å². The summed E-state index contributed by atoms with van der Waals surface area (Å²) in [4.78, 5) is 13.3. The molecule has 25 heavy (non-hydrogen) atoms. The van der Waals surface area contributed by atoms with Gasteiger partial charge in [0.05, 0.1) is 16.0 Å². The van der Waals surface area contributed by atoms with Crippen molar-refractivity contribution >= 4 is 24.4 Å². The fourth-order valence-corrected chi connectivity index (χ4v) is 6.10. The third-order valence-electron chi connectivity index (χ3n) is 3.74. The Hall–Kier alpha value is -1.01. The van der Waals surface area contributed by atoms with Crippen molar-refractivity contribution in [1.29, 1.82) is 0 Å². The lowest BCUT2D eigenvalue weighted by Crippen LogP contribution is -2.37. The summed E-state index contributed by atoms with van der Waals surface area (Å²) >= 11 is 0. The van der Waals surface area contributed by atoms with Crippen LogP contribution < -0.4 is 0 Å². The highest BCUT2D eigenvalue weighted by Gasteiger charge is 2.76. The molecule has 140 valence electrons. The minimum Gasteiger partial charge on any atom is -0.459 e. The van der Waals surface area contributed by atoms with E-state index in [0.29, 0.717) is 4.90 Å². The first-order valence-corrected chi connectivity index (χ1v) is 10.5. The van der Waals surface area contributed by atoms with Crippen LogP contribution in [0.25, 0.3) is 0 Å². The molecule has 1 aliphatic carbocycles. The third kappa shape index (κ3) is 3.75. The smallest absolute Gasteiger partial charge is 0.348 e. The Morgan fingerprint density at radius 1 is 1.28 bits per heavy atom. The van der Waals surface area contributed by atoms with Crippen LogP contribution in [0, 0.1) is 6.92 Å². The predicted octanol–water partition coefficient (Wildman–Crippen LogP) is 3.44. The number of carbonyl (C=O) groups is 1. The van der Waals surface area contributed by atoms with Gasteiger partial charge in [0.25, 0.3) is 0 Å². The number of benzene rings is 1. The summed E-state index contributed by atoms with van der Waals surface area (Å²) in [5.74, 6) is -1.09. The zero-order chi connectivity index (χ0) is 20.8. The molecule has 1 saturated carbocycles. The van der Waals surface area contributed by atoms with Gasteiger partial charge in [-0.25, -0.2) is 0 Å². The largest absolute Gasteiger partial charge is 0.459 e. The van der Waals surface area contributed by atoms with Crippen LogP contribution in [-0.2, 0) is 33.9 Å². The van der Waals surface area contributed by atoms with E-state index in [-0.39, 0.29) is 0 Å². The van der Waals surface area contributed by atoms with Gasteiger partial charge in [-0.15, -0.1) is 0 Å². The molecule has 0 heterocycles. The molecule has 0 amide bonds. The standard InChI is InChI=1S/C17H25O6PS/c1-12-7-9-13(10-8-12)25(20)14-11-17(14,24(19,21-5)22-6)15(18)23-16(2,3)4/h7-10,14H,11H2,1-6H3/t14-,17-,25?/m0/s1/i11D2. The summed E-state index contributed by atoms with van der Waals surface area (Å²) in [6, 6.07) is 6.63. The Bertz CT molecular complexity index is 797. The molecule has 3 atom stereocenters. The van der Waals surface area contributed by atoms with Gasteiger partial charge in [0.1, 0.15) is 5.60 Å². The molecule has 6 nitrogen and oxygen atoms in total. The van der Waals surface area contributed by atoms with Gasteiger partial charge < -0.3 is 13.8 Å². The van der Waals surface area contributed by atoms with Crippen LogP contribution in [-0.4, -0.2) is 40.4 Å². The fourth-order valence-electron chi connectivity index (χ4n) is 2.39. The van der Waals surface area contributed by atoms with Crippen LogP contribution in [0.3, 0.4) is 0 Å². The van der Waals surface area contributed by atoms with Gasteiger partial charge >= 0.3 is 13.6 Å². The molecule has 0 aromatic heterocycles. The minimum absolute atomic E-state index is 0.318. The summed E-state index contributed by atoms with van der Waals surface area (Å²) in [5.41, 5.74) is -0.0299. The highest BCUT2D eigenvalue weighted by molar-refractivity contribution is 7.87. The van der Waals surface area contributed by atoms with Gasteiger partial charge in [0.15, 0.2) is 5.16 Å². The second-order valence-corrected chi connectivity index (χ2v) is 10.7. The Morgan fingerprint density at radius 3 is 2.24 bits per heavy atom. The number of hydrogen-bond donors (Lipinski definition) is 0. The van der Waals surface area contributed by atoms with Gasteiger partial charge in [0, 0.05) is 21.9 Å². The van der Waals surface area contributed by atoms with Crippen LogP contribution in [0.2, 0.25) is 0 Å². The summed E-state index contributed by atoms with van der Waals surface area (Å²) in [7, 11) is -4.16. The van der Waals surface area contributed by atoms with Crippen LogP contribution in [0.1, 0.15) is 35.4 Å². The maximum absolute atomic E-state index is 13.3. The van der Waals surface area contributed by atoms with Gasteiger partial charge in [-0.3, -0.25) is 13.6 Å². The predicted molar refractivity (Wildman–Crippen MR) is 96.2 cm³/mol. The summed E-state index contributed by atoms with van der Waals surface area (Å²) < 4.78 is 58.4. The molecule has 1 aromatic carbocycles. The van der Waals surface area contributed by atoms with E-state index in [1.165, 1.54) is 0 Å². The molecule has 0 bridgehead atoms. The van der Waals surface area contributed by atoms with Gasteiger partial charge in [0.2, 0.25) is 0 Å². The lowest BCUT2D eigenvalue weighted by atomic mass is 10.2. The van der Waals surface area contributed by atoms with Gasteiger partial charge in [-0.05, 0) is 46.2 Å².